The number of aliphatic imine (C=N–C) groups is 1. The van der Waals surface area contributed by atoms with Crippen molar-refractivity contribution < 1.29 is 14.6 Å². The number of hydrogen-bond acceptors (Lipinski definition) is 4. The van der Waals surface area contributed by atoms with E-state index in [0.29, 0.717) is 18.6 Å². The molecule has 122 valence electrons. The zero-order valence-electron chi connectivity index (χ0n) is 14.1. The van der Waals surface area contributed by atoms with Crippen molar-refractivity contribution >= 4 is 12.2 Å². The molecule has 1 N–H and O–H groups in total. The monoisotopic (exact) mass is 313 g/mol. The highest BCUT2D eigenvalue weighted by Crippen LogP contribution is 2.31. The van der Waals surface area contributed by atoms with Crippen molar-refractivity contribution in [2.45, 2.75) is 34.1 Å². The summed E-state index contributed by atoms with van der Waals surface area (Å²) in [5, 5.41) is 10.1. The lowest BCUT2D eigenvalue weighted by Crippen LogP contribution is -2.28. The maximum Gasteiger partial charge on any atom is 0.315 e. The number of hydrogen-bond donors (Lipinski definition) is 1. The van der Waals surface area contributed by atoms with Crippen LogP contribution >= 0.6 is 0 Å². The molecular formula is C19H23NO3. The van der Waals surface area contributed by atoms with Crippen LogP contribution < -0.4 is 0 Å². The molecule has 0 bridgehead atoms. The van der Waals surface area contributed by atoms with Crippen molar-refractivity contribution in [3.8, 4) is 5.75 Å². The molecule has 1 unspecified atom stereocenters. The quantitative estimate of drug-likeness (QED) is 0.678. The van der Waals surface area contributed by atoms with Gasteiger partial charge in [0.2, 0.25) is 0 Å². The Morgan fingerprint density at radius 2 is 2.17 bits per heavy atom. The van der Waals surface area contributed by atoms with Crippen LogP contribution in [-0.4, -0.2) is 23.9 Å². The van der Waals surface area contributed by atoms with Gasteiger partial charge in [-0.25, -0.2) is 0 Å². The van der Waals surface area contributed by atoms with Crippen molar-refractivity contribution in [2.75, 3.05) is 6.61 Å². The molecule has 4 nitrogen and oxygen atoms in total. The lowest BCUT2D eigenvalue weighted by atomic mass is 9.83. The van der Waals surface area contributed by atoms with Gasteiger partial charge in [-0.05, 0) is 57.4 Å². The molecule has 1 aromatic rings. The van der Waals surface area contributed by atoms with Crippen LogP contribution in [0.25, 0.3) is 0 Å². The van der Waals surface area contributed by atoms with Gasteiger partial charge < -0.3 is 9.84 Å². The van der Waals surface area contributed by atoms with Crippen molar-refractivity contribution in [1.82, 2.24) is 0 Å². The van der Waals surface area contributed by atoms with E-state index in [-0.39, 0.29) is 11.7 Å². The van der Waals surface area contributed by atoms with E-state index < -0.39 is 5.41 Å². The molecule has 0 aliphatic heterocycles. The molecule has 0 aromatic heterocycles. The molecule has 23 heavy (non-hydrogen) atoms. The van der Waals surface area contributed by atoms with Gasteiger partial charge in [-0.2, -0.15) is 0 Å². The number of esters is 1. The van der Waals surface area contributed by atoms with E-state index in [1.165, 1.54) is 0 Å². The fraction of sp³-hybridized carbons (Fsp3) is 0.368. The zero-order chi connectivity index (χ0) is 17.0. The van der Waals surface area contributed by atoms with Crippen molar-refractivity contribution in [1.29, 1.82) is 0 Å². The van der Waals surface area contributed by atoms with Gasteiger partial charge in [0.25, 0.3) is 0 Å². The van der Waals surface area contributed by atoms with E-state index in [1.54, 1.807) is 13.1 Å². The highest BCUT2D eigenvalue weighted by atomic mass is 16.5. The summed E-state index contributed by atoms with van der Waals surface area (Å²) >= 11 is 0. The standard InChI is InChI=1S/C19H23NO3/c1-5-23-18(22)19(4)8-6-16(7-9-19)20-12-15-11-13(2)10-14(3)17(15)21/h6-8,10-12,21H,5,9H2,1-4H3. The Morgan fingerprint density at radius 1 is 1.43 bits per heavy atom. The van der Waals surface area contributed by atoms with Crippen molar-refractivity contribution in [2.24, 2.45) is 10.4 Å². The second-order valence-electron chi connectivity index (χ2n) is 6.08. The number of phenols is 1. The summed E-state index contributed by atoms with van der Waals surface area (Å²) in [6.07, 6.45) is 7.76. The fourth-order valence-electron chi connectivity index (χ4n) is 2.50. The average molecular weight is 313 g/mol. The number of ether oxygens (including phenoxy) is 1. The largest absolute Gasteiger partial charge is 0.507 e. The minimum atomic E-state index is -0.628. The highest BCUT2D eigenvalue weighted by Gasteiger charge is 2.32. The molecule has 0 saturated carbocycles. The Labute approximate surface area is 137 Å². The number of aromatic hydroxyl groups is 1. The van der Waals surface area contributed by atoms with E-state index in [9.17, 15) is 9.90 Å². The second kappa shape index (κ2) is 6.82. The minimum Gasteiger partial charge on any atom is -0.507 e. The molecule has 0 spiro atoms. The highest BCUT2D eigenvalue weighted by molar-refractivity contribution is 5.85. The summed E-state index contributed by atoms with van der Waals surface area (Å²) in [4.78, 5) is 16.4. The van der Waals surface area contributed by atoms with Crippen molar-refractivity contribution in [3.63, 3.8) is 0 Å². The lowest BCUT2D eigenvalue weighted by Gasteiger charge is -2.24. The Kier molecular flexibility index (Phi) is 5.04. The molecule has 1 aromatic carbocycles. The molecule has 1 aliphatic carbocycles. The van der Waals surface area contributed by atoms with Gasteiger partial charge >= 0.3 is 5.97 Å². The maximum atomic E-state index is 12.0. The second-order valence-corrected chi connectivity index (χ2v) is 6.08. The third kappa shape index (κ3) is 3.89. The molecule has 0 fully saturated rings. The van der Waals surface area contributed by atoms with Gasteiger partial charge in [0.15, 0.2) is 0 Å². The first-order valence-electron chi connectivity index (χ1n) is 7.76. The number of rotatable bonds is 4. The van der Waals surface area contributed by atoms with Crippen LogP contribution in [0.4, 0.5) is 0 Å². The number of phenolic OH excluding ortho intramolecular Hbond substituents is 1. The van der Waals surface area contributed by atoms with Gasteiger partial charge in [-0.15, -0.1) is 0 Å². The van der Waals surface area contributed by atoms with Gasteiger partial charge in [-0.1, -0.05) is 18.2 Å². The lowest BCUT2D eigenvalue weighted by molar-refractivity contribution is -0.151. The van der Waals surface area contributed by atoms with Gasteiger partial charge in [0, 0.05) is 11.8 Å². The molecule has 4 heteroatoms. The van der Waals surface area contributed by atoms with Crippen LogP contribution in [0.1, 0.15) is 37.0 Å². The van der Waals surface area contributed by atoms with Gasteiger partial charge in [-0.3, -0.25) is 9.79 Å². The molecule has 0 amide bonds. The van der Waals surface area contributed by atoms with E-state index in [2.05, 4.69) is 4.99 Å². The van der Waals surface area contributed by atoms with Crippen LogP contribution in [0.2, 0.25) is 0 Å². The Balaban J connectivity index is 2.13. The van der Waals surface area contributed by atoms with Crippen LogP contribution in [-0.2, 0) is 9.53 Å². The van der Waals surface area contributed by atoms with E-state index in [4.69, 9.17) is 4.74 Å². The predicted octanol–water partition coefficient (Wildman–Crippen LogP) is 3.84. The zero-order valence-corrected chi connectivity index (χ0v) is 14.1. The predicted molar refractivity (Wildman–Crippen MR) is 91.8 cm³/mol. The number of aryl methyl sites for hydroxylation is 2. The maximum absolute atomic E-state index is 12.0. The van der Waals surface area contributed by atoms with E-state index in [1.807, 2.05) is 51.1 Å². The number of nitrogens with zero attached hydrogens (tertiary/aromatic N) is 1. The first-order chi connectivity index (χ1) is 10.9. The first kappa shape index (κ1) is 17.0. The first-order valence-corrected chi connectivity index (χ1v) is 7.76. The van der Waals surface area contributed by atoms with Gasteiger partial charge in [0.05, 0.1) is 17.7 Å². The molecule has 0 saturated heterocycles. The number of carbonyl (C=O) groups is 1. The summed E-state index contributed by atoms with van der Waals surface area (Å²) in [5.41, 5.74) is 2.73. The number of carbonyl (C=O) groups excluding carboxylic acids is 1. The van der Waals surface area contributed by atoms with Crippen molar-refractivity contribution in [3.05, 3.63) is 52.7 Å². The topological polar surface area (TPSA) is 58.9 Å². The molecular weight excluding hydrogens is 290 g/mol. The third-order valence-electron chi connectivity index (χ3n) is 3.93. The third-order valence-corrected chi connectivity index (χ3v) is 3.93. The Hall–Kier alpha value is -2.36. The Morgan fingerprint density at radius 3 is 2.78 bits per heavy atom. The normalized spacial score (nSPS) is 20.6. The average Bonchev–Trinajstić information content (AvgIpc) is 2.51. The van der Waals surface area contributed by atoms with Crippen LogP contribution in [0.3, 0.4) is 0 Å². The SMILES string of the molecule is CCOC(=O)C1(C)C=CC(N=Cc2cc(C)cc(C)c2O)=CC1. The molecule has 0 radical (unpaired) electrons. The van der Waals surface area contributed by atoms with Gasteiger partial charge in [0.1, 0.15) is 5.75 Å². The summed E-state index contributed by atoms with van der Waals surface area (Å²) < 4.78 is 5.10. The van der Waals surface area contributed by atoms with E-state index >= 15 is 0 Å². The summed E-state index contributed by atoms with van der Waals surface area (Å²) in [7, 11) is 0. The minimum absolute atomic E-state index is 0.220. The van der Waals surface area contributed by atoms with E-state index in [0.717, 1.165) is 16.8 Å². The summed E-state index contributed by atoms with van der Waals surface area (Å²) in [5.74, 6) is 0.0265. The molecule has 0 heterocycles. The summed E-state index contributed by atoms with van der Waals surface area (Å²) in [6.45, 7) is 7.88. The number of allylic oxidation sites excluding steroid dienone is 2. The van der Waals surface area contributed by atoms with Crippen LogP contribution in [0.15, 0.2) is 41.1 Å². The summed E-state index contributed by atoms with van der Waals surface area (Å²) in [6, 6.07) is 3.82. The smallest absolute Gasteiger partial charge is 0.315 e. The number of benzene rings is 1. The molecule has 1 aliphatic rings. The Bertz CT molecular complexity index is 701. The van der Waals surface area contributed by atoms with Crippen LogP contribution in [0, 0.1) is 19.3 Å². The fourth-order valence-corrected chi connectivity index (χ4v) is 2.50. The molecule has 2 rings (SSSR count). The molecule has 1 atom stereocenters. The van der Waals surface area contributed by atoms with Crippen LogP contribution in [0.5, 0.6) is 5.75 Å².